The summed E-state index contributed by atoms with van der Waals surface area (Å²) in [6, 6.07) is 8.76. The molecular weight excluding hydrogens is 243 g/mol. The summed E-state index contributed by atoms with van der Waals surface area (Å²) in [4.78, 5) is 2.00. The molecule has 5 heteroatoms. The van der Waals surface area contributed by atoms with Crippen LogP contribution >= 0.6 is 0 Å². The Labute approximate surface area is 112 Å². The number of anilines is 1. The van der Waals surface area contributed by atoms with Crippen molar-refractivity contribution in [3.8, 4) is 0 Å². The van der Waals surface area contributed by atoms with Gasteiger partial charge in [0.05, 0.1) is 17.9 Å². The highest BCUT2D eigenvalue weighted by Crippen LogP contribution is 2.21. The molecule has 0 radical (unpaired) electrons. The molecule has 0 amide bonds. The highest BCUT2D eigenvalue weighted by Gasteiger charge is 2.12. The van der Waals surface area contributed by atoms with Crippen molar-refractivity contribution >= 4 is 5.69 Å². The van der Waals surface area contributed by atoms with Crippen LogP contribution in [-0.4, -0.2) is 22.9 Å². The first kappa shape index (κ1) is 13.5. The minimum atomic E-state index is -0.207. The van der Waals surface area contributed by atoms with E-state index in [0.717, 1.165) is 18.7 Å². The van der Waals surface area contributed by atoms with E-state index in [9.17, 15) is 4.39 Å². The lowest BCUT2D eigenvalue weighted by Crippen LogP contribution is -2.27. The van der Waals surface area contributed by atoms with E-state index in [-0.39, 0.29) is 5.82 Å². The van der Waals surface area contributed by atoms with Crippen molar-refractivity contribution in [2.75, 3.05) is 18.0 Å². The lowest BCUT2D eigenvalue weighted by molar-refractivity contribution is 0.604. The number of halogens is 1. The monoisotopic (exact) mass is 262 g/mol. The fourth-order valence-corrected chi connectivity index (χ4v) is 2.03. The molecule has 102 valence electrons. The van der Waals surface area contributed by atoms with Gasteiger partial charge in [0.1, 0.15) is 5.82 Å². The number of aryl methyl sites for hydroxylation is 1. The van der Waals surface area contributed by atoms with Crippen molar-refractivity contribution in [3.05, 3.63) is 48.0 Å². The van der Waals surface area contributed by atoms with Crippen LogP contribution in [0.15, 0.2) is 36.5 Å². The van der Waals surface area contributed by atoms with Gasteiger partial charge < -0.3 is 10.6 Å². The Morgan fingerprint density at radius 1 is 1.32 bits per heavy atom. The van der Waals surface area contributed by atoms with E-state index >= 15 is 0 Å². The SMILES string of the molecule is Cn1nccc1CN(CCCN)c1ccccc1F. The largest absolute Gasteiger partial charge is 0.363 e. The number of para-hydroxylation sites is 1. The van der Waals surface area contributed by atoms with Crippen LogP contribution in [0.4, 0.5) is 10.1 Å². The molecule has 0 bridgehead atoms. The van der Waals surface area contributed by atoms with Crippen molar-refractivity contribution in [2.45, 2.75) is 13.0 Å². The van der Waals surface area contributed by atoms with Crippen molar-refractivity contribution in [2.24, 2.45) is 12.8 Å². The van der Waals surface area contributed by atoms with Crippen LogP contribution in [0, 0.1) is 5.82 Å². The topological polar surface area (TPSA) is 47.1 Å². The third kappa shape index (κ3) is 3.32. The number of hydrogen-bond acceptors (Lipinski definition) is 3. The first-order chi connectivity index (χ1) is 9.22. The van der Waals surface area contributed by atoms with Crippen LogP contribution in [0.2, 0.25) is 0 Å². The Hall–Kier alpha value is -1.88. The number of aromatic nitrogens is 2. The van der Waals surface area contributed by atoms with E-state index in [2.05, 4.69) is 5.10 Å². The lowest BCUT2D eigenvalue weighted by atomic mass is 10.2. The molecular formula is C14H19FN4. The van der Waals surface area contributed by atoms with Gasteiger partial charge in [-0.2, -0.15) is 5.10 Å². The Bertz CT molecular complexity index is 524. The molecule has 0 unspecified atom stereocenters. The van der Waals surface area contributed by atoms with Gasteiger partial charge in [-0.15, -0.1) is 0 Å². The van der Waals surface area contributed by atoms with Gasteiger partial charge in [0.25, 0.3) is 0 Å². The maximum absolute atomic E-state index is 13.9. The van der Waals surface area contributed by atoms with E-state index in [1.54, 1.807) is 23.0 Å². The lowest BCUT2D eigenvalue weighted by Gasteiger charge is -2.25. The molecule has 0 aliphatic heterocycles. The number of hydrogen-bond donors (Lipinski definition) is 1. The Balaban J connectivity index is 2.21. The summed E-state index contributed by atoms with van der Waals surface area (Å²) >= 11 is 0. The number of nitrogens with zero attached hydrogens (tertiary/aromatic N) is 3. The summed E-state index contributed by atoms with van der Waals surface area (Å²) in [5, 5.41) is 4.14. The molecule has 2 rings (SSSR count). The maximum atomic E-state index is 13.9. The predicted molar refractivity (Wildman–Crippen MR) is 74.3 cm³/mol. The van der Waals surface area contributed by atoms with Crippen molar-refractivity contribution in [1.82, 2.24) is 9.78 Å². The minimum absolute atomic E-state index is 0.207. The molecule has 0 atom stereocenters. The summed E-state index contributed by atoms with van der Waals surface area (Å²) < 4.78 is 15.7. The molecule has 2 aromatic rings. The molecule has 0 fully saturated rings. The van der Waals surface area contributed by atoms with E-state index < -0.39 is 0 Å². The van der Waals surface area contributed by atoms with Gasteiger partial charge in [0.2, 0.25) is 0 Å². The normalized spacial score (nSPS) is 10.7. The molecule has 19 heavy (non-hydrogen) atoms. The molecule has 0 spiro atoms. The summed E-state index contributed by atoms with van der Waals surface area (Å²) in [7, 11) is 1.89. The number of rotatable bonds is 6. The predicted octanol–water partition coefficient (Wildman–Crippen LogP) is 1.91. The van der Waals surface area contributed by atoms with E-state index in [4.69, 9.17) is 5.73 Å². The zero-order valence-electron chi connectivity index (χ0n) is 11.1. The molecule has 0 aliphatic carbocycles. The first-order valence-electron chi connectivity index (χ1n) is 6.39. The Morgan fingerprint density at radius 2 is 2.11 bits per heavy atom. The average Bonchev–Trinajstić information content (AvgIpc) is 2.81. The maximum Gasteiger partial charge on any atom is 0.146 e. The van der Waals surface area contributed by atoms with Gasteiger partial charge in [0.15, 0.2) is 0 Å². The summed E-state index contributed by atoms with van der Waals surface area (Å²) in [5.74, 6) is -0.207. The third-order valence-corrected chi connectivity index (χ3v) is 3.10. The third-order valence-electron chi connectivity index (χ3n) is 3.10. The average molecular weight is 262 g/mol. The second-order valence-electron chi connectivity index (χ2n) is 4.46. The fraction of sp³-hybridized carbons (Fsp3) is 0.357. The molecule has 1 heterocycles. The highest BCUT2D eigenvalue weighted by molar-refractivity contribution is 5.47. The van der Waals surface area contributed by atoms with Crippen LogP contribution in [0.1, 0.15) is 12.1 Å². The second-order valence-corrected chi connectivity index (χ2v) is 4.46. The van der Waals surface area contributed by atoms with Crippen LogP contribution in [0.25, 0.3) is 0 Å². The van der Waals surface area contributed by atoms with Gasteiger partial charge >= 0.3 is 0 Å². The van der Waals surface area contributed by atoms with Crippen molar-refractivity contribution in [3.63, 3.8) is 0 Å². The zero-order chi connectivity index (χ0) is 13.7. The minimum Gasteiger partial charge on any atom is -0.363 e. The summed E-state index contributed by atoms with van der Waals surface area (Å²) in [6.45, 7) is 1.94. The zero-order valence-corrected chi connectivity index (χ0v) is 11.1. The molecule has 2 N–H and O–H groups in total. The quantitative estimate of drug-likeness (QED) is 0.865. The van der Waals surface area contributed by atoms with Crippen LogP contribution in [0.5, 0.6) is 0 Å². The number of benzene rings is 1. The summed E-state index contributed by atoms with van der Waals surface area (Å²) in [6.07, 6.45) is 2.57. The Morgan fingerprint density at radius 3 is 2.74 bits per heavy atom. The standard InChI is InChI=1S/C14H19FN4/c1-18-12(7-9-17-18)11-19(10-4-8-16)14-6-3-2-5-13(14)15/h2-3,5-7,9H,4,8,10-11,16H2,1H3. The molecule has 4 nitrogen and oxygen atoms in total. The molecule has 0 aliphatic rings. The van der Waals surface area contributed by atoms with Crippen LogP contribution in [0.3, 0.4) is 0 Å². The fourth-order valence-electron chi connectivity index (χ4n) is 2.03. The summed E-state index contributed by atoms with van der Waals surface area (Å²) in [5.41, 5.74) is 7.21. The molecule has 0 saturated carbocycles. The van der Waals surface area contributed by atoms with Crippen molar-refractivity contribution in [1.29, 1.82) is 0 Å². The van der Waals surface area contributed by atoms with Gasteiger partial charge in [-0.1, -0.05) is 12.1 Å². The van der Waals surface area contributed by atoms with Crippen molar-refractivity contribution < 1.29 is 4.39 Å². The van der Waals surface area contributed by atoms with Gasteiger partial charge in [-0.05, 0) is 31.2 Å². The number of nitrogens with two attached hydrogens (primary N) is 1. The van der Waals surface area contributed by atoms with Gasteiger partial charge in [-0.25, -0.2) is 4.39 Å². The van der Waals surface area contributed by atoms with E-state index in [1.807, 2.05) is 24.1 Å². The van der Waals surface area contributed by atoms with Gasteiger partial charge in [-0.3, -0.25) is 4.68 Å². The van der Waals surface area contributed by atoms with Crippen LogP contribution in [-0.2, 0) is 13.6 Å². The molecule has 1 aromatic heterocycles. The van der Waals surface area contributed by atoms with Crippen LogP contribution < -0.4 is 10.6 Å². The van der Waals surface area contributed by atoms with E-state index in [1.165, 1.54) is 6.07 Å². The Kier molecular flexibility index (Phi) is 4.52. The van der Waals surface area contributed by atoms with Gasteiger partial charge in [0, 0.05) is 19.8 Å². The first-order valence-corrected chi connectivity index (χ1v) is 6.39. The van der Waals surface area contributed by atoms with E-state index in [0.29, 0.717) is 18.8 Å². The molecule has 0 saturated heterocycles. The second kappa shape index (κ2) is 6.33. The highest BCUT2D eigenvalue weighted by atomic mass is 19.1. The molecule has 1 aromatic carbocycles. The smallest absolute Gasteiger partial charge is 0.146 e.